The number of benzene rings is 1. The smallest absolute Gasteiger partial charge is 0.161 e. The Morgan fingerprint density at radius 3 is 2.58 bits per heavy atom. The van der Waals surface area contributed by atoms with E-state index in [-0.39, 0.29) is 12.7 Å². The molecule has 2 heterocycles. The molecule has 146 valence electrons. The molecule has 1 fully saturated rings. The lowest BCUT2D eigenvalue weighted by molar-refractivity contribution is -0.0664. The Bertz CT molecular complexity index is 607. The Balaban J connectivity index is 1.87. The Morgan fingerprint density at radius 2 is 1.92 bits per heavy atom. The number of halogens is 1. The van der Waals surface area contributed by atoms with Crippen LogP contribution in [0.3, 0.4) is 0 Å². The molecule has 0 unspecified atom stereocenters. The molecule has 0 spiro atoms. The molecule has 0 N–H and O–H groups in total. The van der Waals surface area contributed by atoms with Crippen molar-refractivity contribution >= 4 is 0 Å². The van der Waals surface area contributed by atoms with Crippen LogP contribution in [-0.2, 0) is 11.2 Å². The zero-order valence-corrected chi connectivity index (χ0v) is 16.5. The van der Waals surface area contributed by atoms with Gasteiger partial charge in [-0.1, -0.05) is 13.8 Å². The van der Waals surface area contributed by atoms with Crippen LogP contribution in [0.25, 0.3) is 0 Å². The van der Waals surface area contributed by atoms with Crippen LogP contribution < -0.4 is 9.47 Å². The lowest BCUT2D eigenvalue weighted by Crippen LogP contribution is -2.49. The average Bonchev–Trinajstić information content (AvgIpc) is 2.64. The maximum Gasteiger partial charge on any atom is 0.161 e. The lowest BCUT2D eigenvalue weighted by atomic mass is 9.79. The molecule has 0 amide bonds. The number of methoxy groups -OCH3 is 2. The summed E-state index contributed by atoms with van der Waals surface area (Å²) >= 11 is 0. The van der Waals surface area contributed by atoms with Crippen LogP contribution in [0.1, 0.15) is 43.9 Å². The number of alkyl halides is 1. The van der Waals surface area contributed by atoms with E-state index in [9.17, 15) is 4.39 Å². The van der Waals surface area contributed by atoms with Crippen LogP contribution in [0, 0.1) is 11.8 Å². The third-order valence-electron chi connectivity index (χ3n) is 5.75. The highest BCUT2D eigenvalue weighted by Crippen LogP contribution is 2.44. The van der Waals surface area contributed by atoms with E-state index in [0.29, 0.717) is 17.9 Å². The zero-order chi connectivity index (χ0) is 18.7. The highest BCUT2D eigenvalue weighted by Gasteiger charge is 2.40. The lowest BCUT2D eigenvalue weighted by Gasteiger charge is -2.47. The van der Waals surface area contributed by atoms with Crippen molar-refractivity contribution in [1.82, 2.24) is 4.90 Å². The predicted molar refractivity (Wildman–Crippen MR) is 101 cm³/mol. The highest BCUT2D eigenvalue weighted by molar-refractivity contribution is 5.49. The number of rotatable bonds is 7. The summed E-state index contributed by atoms with van der Waals surface area (Å²) in [6.45, 7) is 6.36. The molecule has 26 heavy (non-hydrogen) atoms. The van der Waals surface area contributed by atoms with Gasteiger partial charge >= 0.3 is 0 Å². The van der Waals surface area contributed by atoms with Crippen molar-refractivity contribution in [2.24, 2.45) is 11.8 Å². The number of ether oxygens (including phenoxy) is 3. The Hall–Kier alpha value is -1.33. The van der Waals surface area contributed by atoms with E-state index >= 15 is 0 Å². The predicted octanol–water partition coefficient (Wildman–Crippen LogP) is 4.02. The molecule has 0 saturated carbocycles. The highest BCUT2D eigenvalue weighted by atomic mass is 18.2. The summed E-state index contributed by atoms with van der Waals surface area (Å²) in [4.78, 5) is 2.58. The van der Waals surface area contributed by atoms with Crippen LogP contribution in [0.15, 0.2) is 12.1 Å². The van der Waals surface area contributed by atoms with Crippen molar-refractivity contribution < 1.29 is 18.6 Å². The van der Waals surface area contributed by atoms with Crippen molar-refractivity contribution in [2.75, 3.05) is 40.6 Å². The molecule has 0 bridgehead atoms. The first-order chi connectivity index (χ1) is 12.6. The fourth-order valence-electron chi connectivity index (χ4n) is 4.64. The number of piperidine rings is 1. The van der Waals surface area contributed by atoms with Gasteiger partial charge < -0.3 is 14.2 Å². The second kappa shape index (κ2) is 8.57. The Labute approximate surface area is 156 Å². The van der Waals surface area contributed by atoms with Crippen LogP contribution in [0.4, 0.5) is 4.39 Å². The molecule has 2 aliphatic rings. The summed E-state index contributed by atoms with van der Waals surface area (Å²) in [6, 6.07) is 4.55. The molecular weight excluding hydrogens is 332 g/mol. The van der Waals surface area contributed by atoms with Crippen LogP contribution in [-0.4, -0.2) is 51.6 Å². The fourth-order valence-corrected chi connectivity index (χ4v) is 4.64. The van der Waals surface area contributed by atoms with Gasteiger partial charge in [0.15, 0.2) is 11.5 Å². The molecule has 0 aromatic heterocycles. The van der Waals surface area contributed by atoms with E-state index in [1.165, 1.54) is 11.1 Å². The SMILES string of the molecule is COc1cc2c(cc1OC)[C@H]1C[C@@H](OCC[18F])[C@H](CC(C)C)CN1CC2. The van der Waals surface area contributed by atoms with E-state index in [0.717, 1.165) is 43.9 Å². The van der Waals surface area contributed by atoms with Gasteiger partial charge in [-0.25, -0.2) is 4.39 Å². The van der Waals surface area contributed by atoms with Gasteiger partial charge in [0, 0.05) is 19.1 Å². The van der Waals surface area contributed by atoms with Crippen molar-refractivity contribution in [3.8, 4) is 11.5 Å². The largest absolute Gasteiger partial charge is 0.493 e. The molecule has 1 aromatic rings. The van der Waals surface area contributed by atoms with Crippen molar-refractivity contribution in [3.05, 3.63) is 23.3 Å². The van der Waals surface area contributed by atoms with Gasteiger partial charge in [0.2, 0.25) is 0 Å². The second-order valence-corrected chi connectivity index (χ2v) is 7.89. The first-order valence-electron chi connectivity index (χ1n) is 9.73. The summed E-state index contributed by atoms with van der Waals surface area (Å²) in [5.41, 5.74) is 2.64. The standard InChI is InChI=1S/C21H32FNO3/c1-14(2)9-16-13-23-7-5-15-10-20(24-3)21(25-4)11-17(15)18(23)12-19(16)26-8-6-22/h10-11,14,16,18-19H,5-9,12-13H2,1-4H3/t16-,18-,19-/m1/s1/i22-1. The van der Waals surface area contributed by atoms with E-state index < -0.39 is 6.67 Å². The average molecular weight is 364 g/mol. The third-order valence-corrected chi connectivity index (χ3v) is 5.75. The molecular formula is C21H32FNO3. The summed E-state index contributed by atoms with van der Waals surface area (Å²) in [7, 11) is 3.36. The van der Waals surface area contributed by atoms with Gasteiger partial charge in [-0.15, -0.1) is 0 Å². The molecule has 0 radical (unpaired) electrons. The Morgan fingerprint density at radius 1 is 1.19 bits per heavy atom. The van der Waals surface area contributed by atoms with Crippen LogP contribution in [0.2, 0.25) is 0 Å². The van der Waals surface area contributed by atoms with Gasteiger partial charge in [-0.3, -0.25) is 4.90 Å². The minimum absolute atomic E-state index is 0.119. The van der Waals surface area contributed by atoms with Crippen molar-refractivity contribution in [3.63, 3.8) is 0 Å². The summed E-state index contributed by atoms with van der Waals surface area (Å²) in [5, 5.41) is 0. The van der Waals surface area contributed by atoms with Gasteiger partial charge in [0.25, 0.3) is 0 Å². The Kier molecular flexibility index (Phi) is 6.41. The first kappa shape index (κ1) is 19.4. The molecule has 5 heteroatoms. The van der Waals surface area contributed by atoms with Gasteiger partial charge in [-0.05, 0) is 54.4 Å². The summed E-state index contributed by atoms with van der Waals surface area (Å²) in [6.07, 6.45) is 3.18. The van der Waals surface area contributed by atoms with E-state index in [1.54, 1.807) is 14.2 Å². The second-order valence-electron chi connectivity index (χ2n) is 7.89. The number of fused-ring (bicyclic) bond motifs is 3. The quantitative estimate of drug-likeness (QED) is 0.731. The minimum atomic E-state index is -0.416. The van der Waals surface area contributed by atoms with Crippen molar-refractivity contribution in [2.45, 2.75) is 45.3 Å². The van der Waals surface area contributed by atoms with Crippen LogP contribution in [0.5, 0.6) is 11.5 Å². The van der Waals surface area contributed by atoms with Crippen LogP contribution >= 0.6 is 0 Å². The van der Waals surface area contributed by atoms with Gasteiger partial charge in [-0.2, -0.15) is 0 Å². The molecule has 1 saturated heterocycles. The van der Waals surface area contributed by atoms with Gasteiger partial charge in [0.1, 0.15) is 6.67 Å². The molecule has 4 nitrogen and oxygen atoms in total. The van der Waals surface area contributed by atoms with Crippen molar-refractivity contribution in [1.29, 1.82) is 0 Å². The minimum Gasteiger partial charge on any atom is -0.493 e. The molecule has 0 aliphatic carbocycles. The maximum absolute atomic E-state index is 12.7. The normalized spacial score (nSPS) is 25.7. The summed E-state index contributed by atoms with van der Waals surface area (Å²) in [5.74, 6) is 2.66. The summed E-state index contributed by atoms with van der Waals surface area (Å²) < 4.78 is 29.7. The molecule has 3 atom stereocenters. The third kappa shape index (κ3) is 3.99. The number of hydrogen-bond acceptors (Lipinski definition) is 4. The zero-order valence-electron chi connectivity index (χ0n) is 16.5. The molecule has 2 aliphatic heterocycles. The molecule has 3 rings (SSSR count). The van der Waals surface area contributed by atoms with E-state index in [4.69, 9.17) is 14.2 Å². The fraction of sp³-hybridized carbons (Fsp3) is 0.714. The maximum atomic E-state index is 12.7. The number of nitrogens with zero attached hydrogens (tertiary/aromatic N) is 1. The van der Waals surface area contributed by atoms with Gasteiger partial charge in [0.05, 0.1) is 26.9 Å². The van der Waals surface area contributed by atoms with E-state index in [1.807, 2.05) is 0 Å². The van der Waals surface area contributed by atoms with E-state index in [2.05, 4.69) is 30.9 Å². The topological polar surface area (TPSA) is 30.9 Å². The monoisotopic (exact) mass is 364 g/mol. The number of hydrogen-bond donors (Lipinski definition) is 0. The molecule has 1 aromatic carbocycles. The first-order valence-corrected chi connectivity index (χ1v) is 9.73.